The van der Waals surface area contributed by atoms with Crippen molar-refractivity contribution in [3.05, 3.63) is 28.8 Å². The molecule has 0 radical (unpaired) electrons. The first-order valence-electron chi connectivity index (χ1n) is 5.85. The van der Waals surface area contributed by atoms with Crippen LogP contribution in [0.25, 0.3) is 0 Å². The molecule has 0 saturated heterocycles. The predicted octanol–water partition coefficient (Wildman–Crippen LogP) is 2.96. The number of nitrogens with two attached hydrogens (primary N) is 1. The fourth-order valence-electron chi connectivity index (χ4n) is 1.62. The first kappa shape index (κ1) is 14.0. The van der Waals surface area contributed by atoms with Crippen LogP contribution in [-0.4, -0.2) is 12.5 Å². The average Bonchev–Trinajstić information content (AvgIpc) is 2.30. The number of halogens is 1. The highest BCUT2D eigenvalue weighted by Crippen LogP contribution is 2.20. The molecule has 94 valence electrons. The van der Waals surface area contributed by atoms with Crippen molar-refractivity contribution in [2.75, 3.05) is 11.9 Å². The lowest BCUT2D eigenvalue weighted by molar-refractivity contribution is -0.119. The van der Waals surface area contributed by atoms with Crippen LogP contribution in [-0.2, 0) is 4.79 Å². The van der Waals surface area contributed by atoms with E-state index in [-0.39, 0.29) is 11.8 Å². The van der Waals surface area contributed by atoms with Crippen molar-refractivity contribution in [2.24, 2.45) is 11.7 Å². The molecule has 0 aliphatic carbocycles. The third-order valence-corrected chi connectivity index (χ3v) is 3.14. The topological polar surface area (TPSA) is 55.1 Å². The van der Waals surface area contributed by atoms with E-state index in [0.717, 1.165) is 24.1 Å². The van der Waals surface area contributed by atoms with Gasteiger partial charge < -0.3 is 11.1 Å². The maximum atomic E-state index is 11.9. The summed E-state index contributed by atoms with van der Waals surface area (Å²) in [5.41, 5.74) is 7.30. The van der Waals surface area contributed by atoms with E-state index in [1.54, 1.807) is 6.07 Å². The lowest BCUT2D eigenvalue weighted by Crippen LogP contribution is -2.29. The summed E-state index contributed by atoms with van der Waals surface area (Å²) in [5, 5.41) is 3.50. The average molecular weight is 255 g/mol. The fourth-order valence-corrected chi connectivity index (χ4v) is 1.80. The first-order chi connectivity index (χ1) is 8.08. The second-order valence-corrected chi connectivity index (χ2v) is 4.58. The summed E-state index contributed by atoms with van der Waals surface area (Å²) in [6.45, 7) is 4.34. The van der Waals surface area contributed by atoms with Gasteiger partial charge >= 0.3 is 0 Å². The van der Waals surface area contributed by atoms with Crippen LogP contribution in [0.15, 0.2) is 18.2 Å². The van der Waals surface area contributed by atoms with E-state index >= 15 is 0 Å². The minimum atomic E-state index is -0.125. The highest BCUT2D eigenvalue weighted by atomic mass is 35.5. The molecule has 0 spiro atoms. The Kier molecular flexibility index (Phi) is 5.45. The Bertz CT molecular complexity index is 393. The highest BCUT2D eigenvalue weighted by Gasteiger charge is 2.15. The van der Waals surface area contributed by atoms with Crippen molar-refractivity contribution in [3.8, 4) is 0 Å². The number of hydrogen-bond donors (Lipinski definition) is 2. The molecule has 0 aliphatic heterocycles. The van der Waals surface area contributed by atoms with Gasteiger partial charge in [-0.2, -0.15) is 0 Å². The molecule has 0 aromatic heterocycles. The Balaban J connectivity index is 2.69. The largest absolute Gasteiger partial charge is 0.330 e. The van der Waals surface area contributed by atoms with Gasteiger partial charge in [0, 0.05) is 17.3 Å². The van der Waals surface area contributed by atoms with Gasteiger partial charge in [-0.05, 0) is 31.0 Å². The quantitative estimate of drug-likeness (QED) is 0.849. The third-order valence-electron chi connectivity index (χ3n) is 2.73. The van der Waals surface area contributed by atoms with Gasteiger partial charge in [0.05, 0.1) is 5.92 Å². The molecule has 0 heterocycles. The molecule has 0 bridgehead atoms. The van der Waals surface area contributed by atoms with Gasteiger partial charge in [0.2, 0.25) is 5.91 Å². The van der Waals surface area contributed by atoms with Crippen LogP contribution in [0.2, 0.25) is 5.02 Å². The number of anilines is 1. The normalized spacial score (nSPS) is 12.2. The van der Waals surface area contributed by atoms with E-state index in [2.05, 4.69) is 5.32 Å². The molecule has 1 aromatic carbocycles. The molecule has 3 N–H and O–H groups in total. The standard InChI is InChI=1S/C13H19ClN2O/c1-3-4-10(8-15)13(17)16-11-6-5-9(2)12(14)7-11/h5-7,10H,3-4,8,15H2,1-2H3,(H,16,17). The molecule has 0 fully saturated rings. The Morgan fingerprint density at radius 1 is 1.53 bits per heavy atom. The van der Waals surface area contributed by atoms with Crippen molar-refractivity contribution < 1.29 is 4.79 Å². The summed E-state index contributed by atoms with van der Waals surface area (Å²) in [6, 6.07) is 5.49. The first-order valence-corrected chi connectivity index (χ1v) is 6.23. The second-order valence-electron chi connectivity index (χ2n) is 4.17. The number of rotatable bonds is 5. The number of hydrogen-bond acceptors (Lipinski definition) is 2. The zero-order chi connectivity index (χ0) is 12.8. The fraction of sp³-hybridized carbons (Fsp3) is 0.462. The van der Waals surface area contributed by atoms with Crippen LogP contribution in [0.4, 0.5) is 5.69 Å². The van der Waals surface area contributed by atoms with Gasteiger partial charge in [-0.15, -0.1) is 0 Å². The van der Waals surface area contributed by atoms with Gasteiger partial charge in [-0.25, -0.2) is 0 Å². The van der Waals surface area contributed by atoms with Crippen LogP contribution in [0.1, 0.15) is 25.3 Å². The van der Waals surface area contributed by atoms with Crippen molar-refractivity contribution in [2.45, 2.75) is 26.7 Å². The molecule has 0 saturated carbocycles. The number of aryl methyl sites for hydroxylation is 1. The summed E-state index contributed by atoms with van der Waals surface area (Å²) in [6.07, 6.45) is 1.76. The van der Waals surface area contributed by atoms with E-state index in [4.69, 9.17) is 17.3 Å². The SMILES string of the molecule is CCCC(CN)C(=O)Nc1ccc(C)c(Cl)c1. The minimum Gasteiger partial charge on any atom is -0.330 e. The molecule has 1 atom stereocenters. The molecule has 0 aliphatic rings. The van der Waals surface area contributed by atoms with Gasteiger partial charge in [0.1, 0.15) is 0 Å². The highest BCUT2D eigenvalue weighted by molar-refractivity contribution is 6.31. The van der Waals surface area contributed by atoms with Crippen molar-refractivity contribution in [1.29, 1.82) is 0 Å². The Labute approximate surface area is 107 Å². The molecule has 1 amide bonds. The van der Waals surface area contributed by atoms with E-state index in [1.165, 1.54) is 0 Å². The van der Waals surface area contributed by atoms with E-state index in [9.17, 15) is 4.79 Å². The number of nitrogens with one attached hydrogen (secondary N) is 1. The van der Waals surface area contributed by atoms with Crippen molar-refractivity contribution >= 4 is 23.2 Å². The number of carbonyl (C=O) groups excluding carboxylic acids is 1. The molecular formula is C13H19ClN2O. The van der Waals surface area contributed by atoms with E-state index < -0.39 is 0 Å². The van der Waals surface area contributed by atoms with E-state index in [0.29, 0.717) is 11.6 Å². The van der Waals surface area contributed by atoms with Gasteiger partial charge in [0.15, 0.2) is 0 Å². The second kappa shape index (κ2) is 6.62. The van der Waals surface area contributed by atoms with Crippen molar-refractivity contribution in [3.63, 3.8) is 0 Å². The smallest absolute Gasteiger partial charge is 0.228 e. The van der Waals surface area contributed by atoms with Gasteiger partial charge in [-0.1, -0.05) is 31.0 Å². The lowest BCUT2D eigenvalue weighted by Gasteiger charge is -2.14. The molecule has 17 heavy (non-hydrogen) atoms. The minimum absolute atomic E-state index is 0.0331. The Morgan fingerprint density at radius 2 is 2.24 bits per heavy atom. The Hall–Kier alpha value is -1.06. The van der Waals surface area contributed by atoms with Crippen molar-refractivity contribution in [1.82, 2.24) is 0 Å². The summed E-state index contributed by atoms with van der Waals surface area (Å²) in [5.74, 6) is -0.158. The molecule has 4 heteroatoms. The predicted molar refractivity (Wildman–Crippen MR) is 72.3 cm³/mol. The van der Waals surface area contributed by atoms with Crippen LogP contribution in [0.3, 0.4) is 0 Å². The molecule has 1 rings (SSSR count). The zero-order valence-electron chi connectivity index (χ0n) is 10.3. The van der Waals surface area contributed by atoms with E-state index in [1.807, 2.05) is 26.0 Å². The number of carbonyl (C=O) groups is 1. The van der Waals surface area contributed by atoms with Crippen LogP contribution < -0.4 is 11.1 Å². The van der Waals surface area contributed by atoms with Gasteiger partial charge in [0.25, 0.3) is 0 Å². The Morgan fingerprint density at radius 3 is 2.76 bits per heavy atom. The molecular weight excluding hydrogens is 236 g/mol. The van der Waals surface area contributed by atoms with Crippen LogP contribution in [0, 0.1) is 12.8 Å². The maximum absolute atomic E-state index is 11.9. The number of benzene rings is 1. The molecule has 1 unspecified atom stereocenters. The number of amides is 1. The van der Waals surface area contributed by atoms with Crippen LogP contribution in [0.5, 0.6) is 0 Å². The third kappa shape index (κ3) is 4.02. The summed E-state index contributed by atoms with van der Waals surface area (Å²) in [7, 11) is 0. The van der Waals surface area contributed by atoms with Gasteiger partial charge in [-0.3, -0.25) is 4.79 Å². The summed E-state index contributed by atoms with van der Waals surface area (Å²) >= 11 is 6.00. The summed E-state index contributed by atoms with van der Waals surface area (Å²) < 4.78 is 0. The van der Waals surface area contributed by atoms with Crippen LogP contribution >= 0.6 is 11.6 Å². The zero-order valence-corrected chi connectivity index (χ0v) is 11.1. The monoisotopic (exact) mass is 254 g/mol. The molecule has 3 nitrogen and oxygen atoms in total. The summed E-state index contributed by atoms with van der Waals surface area (Å²) in [4.78, 5) is 11.9. The lowest BCUT2D eigenvalue weighted by atomic mass is 10.0. The molecule has 1 aromatic rings. The maximum Gasteiger partial charge on any atom is 0.228 e.